The van der Waals surface area contributed by atoms with Gasteiger partial charge in [-0.1, -0.05) is 72.0 Å². The van der Waals surface area contributed by atoms with Crippen molar-refractivity contribution in [2.24, 2.45) is 0 Å². The van der Waals surface area contributed by atoms with E-state index in [1.54, 1.807) is 0 Å². The molecule has 0 spiro atoms. The normalized spacial score (nSPS) is 14.8. The predicted molar refractivity (Wildman–Crippen MR) is 109 cm³/mol. The summed E-state index contributed by atoms with van der Waals surface area (Å²) in [6, 6.07) is 20.2. The minimum Gasteiger partial charge on any atom is -0.379 e. The Labute approximate surface area is 162 Å². The highest BCUT2D eigenvalue weighted by molar-refractivity contribution is 7.19. The molecule has 0 aliphatic carbocycles. The van der Waals surface area contributed by atoms with Gasteiger partial charge in [0, 0.05) is 18.7 Å². The predicted octanol–water partition coefficient (Wildman–Crippen LogP) is 3.75. The van der Waals surface area contributed by atoms with Gasteiger partial charge in [-0.3, -0.25) is 9.69 Å². The molecule has 138 valence electrons. The Morgan fingerprint density at radius 2 is 1.63 bits per heavy atom. The second kappa shape index (κ2) is 8.43. The Hall–Kier alpha value is -2.54. The summed E-state index contributed by atoms with van der Waals surface area (Å²) in [6.07, 6.45) is 0. The van der Waals surface area contributed by atoms with Gasteiger partial charge in [-0.2, -0.15) is 0 Å². The summed E-state index contributed by atoms with van der Waals surface area (Å²) in [6.45, 7) is 3.30. The minimum atomic E-state index is -0.0372. The molecule has 4 rings (SSSR count). The minimum absolute atomic E-state index is 0.0372. The van der Waals surface area contributed by atoms with Gasteiger partial charge in [0.2, 0.25) is 5.91 Å². The van der Waals surface area contributed by atoms with Crippen LogP contribution < -0.4 is 5.32 Å². The Morgan fingerprint density at radius 1 is 1.00 bits per heavy atom. The number of amides is 1. The summed E-state index contributed by atoms with van der Waals surface area (Å²) in [5.41, 5.74) is 3.04. The Kier molecular flexibility index (Phi) is 5.58. The van der Waals surface area contributed by atoms with E-state index < -0.39 is 0 Å². The van der Waals surface area contributed by atoms with Crippen LogP contribution in [0.1, 0.15) is 0 Å². The van der Waals surface area contributed by atoms with Crippen molar-refractivity contribution in [2.75, 3.05) is 38.2 Å². The van der Waals surface area contributed by atoms with Crippen LogP contribution in [-0.4, -0.2) is 48.6 Å². The molecule has 1 amide bonds. The summed E-state index contributed by atoms with van der Waals surface area (Å²) in [5.74, 6) is -0.0372. The Morgan fingerprint density at radius 3 is 2.30 bits per heavy atom. The van der Waals surface area contributed by atoms with Crippen molar-refractivity contribution in [1.82, 2.24) is 9.88 Å². The number of carbonyl (C=O) groups excluding carboxylic acids is 1. The number of anilines is 1. The number of ether oxygens (including phenoxy) is 1. The van der Waals surface area contributed by atoms with Gasteiger partial charge in [0.15, 0.2) is 5.13 Å². The fourth-order valence-corrected chi connectivity index (χ4v) is 4.08. The molecule has 1 saturated heterocycles. The van der Waals surface area contributed by atoms with Crippen molar-refractivity contribution in [3.63, 3.8) is 0 Å². The van der Waals surface area contributed by atoms with Crippen LogP contribution in [0.15, 0.2) is 60.7 Å². The number of thiazole rings is 1. The molecule has 1 aliphatic heterocycles. The van der Waals surface area contributed by atoms with Crippen LogP contribution in [-0.2, 0) is 9.53 Å². The quantitative estimate of drug-likeness (QED) is 0.734. The number of benzene rings is 2. The zero-order valence-corrected chi connectivity index (χ0v) is 15.7. The molecule has 0 saturated carbocycles. The topological polar surface area (TPSA) is 54.5 Å². The zero-order chi connectivity index (χ0) is 18.5. The molecule has 0 bridgehead atoms. The molecule has 3 aromatic rings. The summed E-state index contributed by atoms with van der Waals surface area (Å²) in [4.78, 5) is 20.3. The summed E-state index contributed by atoms with van der Waals surface area (Å²) in [5, 5.41) is 3.61. The lowest BCUT2D eigenvalue weighted by atomic mass is 10.1. The number of nitrogens with zero attached hydrogens (tertiary/aromatic N) is 2. The highest BCUT2D eigenvalue weighted by Gasteiger charge is 2.18. The van der Waals surface area contributed by atoms with Crippen LogP contribution in [0.25, 0.3) is 21.7 Å². The van der Waals surface area contributed by atoms with E-state index in [-0.39, 0.29) is 5.91 Å². The van der Waals surface area contributed by atoms with Gasteiger partial charge in [-0.05, 0) is 5.56 Å². The number of carbonyl (C=O) groups is 1. The highest BCUT2D eigenvalue weighted by Crippen LogP contribution is 2.38. The smallest absolute Gasteiger partial charge is 0.240 e. The maximum absolute atomic E-state index is 12.4. The van der Waals surface area contributed by atoms with Gasteiger partial charge >= 0.3 is 0 Å². The second-order valence-electron chi connectivity index (χ2n) is 6.37. The maximum atomic E-state index is 12.4. The third-order valence-corrected chi connectivity index (χ3v) is 5.45. The summed E-state index contributed by atoms with van der Waals surface area (Å²) >= 11 is 1.51. The number of hydrogen-bond donors (Lipinski definition) is 1. The number of morpholine rings is 1. The van der Waals surface area contributed by atoms with Crippen molar-refractivity contribution in [3.05, 3.63) is 60.7 Å². The van der Waals surface area contributed by atoms with E-state index in [0.717, 1.165) is 34.8 Å². The molecule has 0 unspecified atom stereocenters. The molecule has 6 heteroatoms. The highest BCUT2D eigenvalue weighted by atomic mass is 32.1. The van der Waals surface area contributed by atoms with E-state index in [9.17, 15) is 4.79 Å². The first kappa shape index (κ1) is 17.9. The van der Waals surface area contributed by atoms with E-state index >= 15 is 0 Å². The molecule has 27 heavy (non-hydrogen) atoms. The lowest BCUT2D eigenvalue weighted by Crippen LogP contribution is -2.41. The molecule has 5 nitrogen and oxygen atoms in total. The first-order valence-electron chi connectivity index (χ1n) is 9.01. The maximum Gasteiger partial charge on any atom is 0.240 e. The fraction of sp³-hybridized carbons (Fsp3) is 0.238. The number of aromatic nitrogens is 1. The second-order valence-corrected chi connectivity index (χ2v) is 7.36. The molecule has 2 aromatic carbocycles. The van der Waals surface area contributed by atoms with Gasteiger partial charge in [0.1, 0.15) is 0 Å². The Bertz CT molecular complexity index is 833. The summed E-state index contributed by atoms with van der Waals surface area (Å²) < 4.78 is 5.33. The fourth-order valence-electron chi connectivity index (χ4n) is 3.07. The van der Waals surface area contributed by atoms with Crippen molar-refractivity contribution in [2.45, 2.75) is 0 Å². The summed E-state index contributed by atoms with van der Waals surface area (Å²) in [7, 11) is 0. The van der Waals surface area contributed by atoms with Crippen LogP contribution in [0, 0.1) is 0 Å². The lowest BCUT2D eigenvalue weighted by Gasteiger charge is -2.25. The van der Waals surface area contributed by atoms with E-state index in [1.807, 2.05) is 48.5 Å². The molecule has 2 heterocycles. The van der Waals surface area contributed by atoms with Gasteiger partial charge in [0.25, 0.3) is 0 Å². The van der Waals surface area contributed by atoms with Crippen molar-refractivity contribution in [3.8, 4) is 21.7 Å². The van der Waals surface area contributed by atoms with Crippen LogP contribution in [0.2, 0.25) is 0 Å². The van der Waals surface area contributed by atoms with Crippen LogP contribution in [0.4, 0.5) is 5.13 Å². The van der Waals surface area contributed by atoms with E-state index in [1.165, 1.54) is 11.3 Å². The Balaban J connectivity index is 1.58. The molecular weight excluding hydrogens is 358 g/mol. The number of hydrogen-bond acceptors (Lipinski definition) is 5. The average molecular weight is 379 g/mol. The van der Waals surface area contributed by atoms with Gasteiger partial charge in [-0.15, -0.1) is 0 Å². The average Bonchev–Trinajstić information content (AvgIpc) is 3.14. The standard InChI is InChI=1S/C21H21N3O2S/c25-18(15-24-11-13-26-14-12-24)22-21-23-19(16-7-3-1-4-8-16)20(27-21)17-9-5-2-6-10-17/h1-10H,11-15H2,(H,22,23,25). The monoisotopic (exact) mass is 379 g/mol. The van der Waals surface area contributed by atoms with Crippen molar-refractivity contribution >= 4 is 22.4 Å². The van der Waals surface area contributed by atoms with E-state index in [0.29, 0.717) is 24.9 Å². The number of rotatable bonds is 5. The molecule has 1 aromatic heterocycles. The van der Waals surface area contributed by atoms with Crippen LogP contribution in [0.5, 0.6) is 0 Å². The third kappa shape index (κ3) is 4.42. The molecule has 0 atom stereocenters. The molecule has 1 fully saturated rings. The molecule has 0 radical (unpaired) electrons. The molecular formula is C21H21N3O2S. The lowest BCUT2D eigenvalue weighted by molar-refractivity contribution is -0.118. The third-order valence-electron chi connectivity index (χ3n) is 4.43. The number of nitrogens with one attached hydrogen (secondary N) is 1. The van der Waals surface area contributed by atoms with E-state index in [2.05, 4.69) is 22.3 Å². The van der Waals surface area contributed by atoms with E-state index in [4.69, 9.17) is 9.72 Å². The van der Waals surface area contributed by atoms with Gasteiger partial charge in [0.05, 0.1) is 30.3 Å². The van der Waals surface area contributed by atoms with Crippen LogP contribution in [0.3, 0.4) is 0 Å². The van der Waals surface area contributed by atoms with Crippen molar-refractivity contribution in [1.29, 1.82) is 0 Å². The van der Waals surface area contributed by atoms with Gasteiger partial charge in [-0.25, -0.2) is 4.98 Å². The van der Waals surface area contributed by atoms with Crippen LogP contribution >= 0.6 is 11.3 Å². The SMILES string of the molecule is O=C(CN1CCOCC1)Nc1nc(-c2ccccc2)c(-c2ccccc2)s1. The van der Waals surface area contributed by atoms with Gasteiger partial charge < -0.3 is 10.1 Å². The first-order valence-corrected chi connectivity index (χ1v) is 9.83. The largest absolute Gasteiger partial charge is 0.379 e. The molecule has 1 N–H and O–H groups in total. The van der Waals surface area contributed by atoms with Crippen molar-refractivity contribution < 1.29 is 9.53 Å². The molecule has 1 aliphatic rings. The first-order chi connectivity index (χ1) is 13.3. The zero-order valence-electron chi connectivity index (χ0n) is 14.9.